The van der Waals surface area contributed by atoms with E-state index in [1.165, 1.54) is 6.07 Å². The maximum absolute atomic E-state index is 13.3. The molecule has 0 aliphatic carbocycles. The lowest BCUT2D eigenvalue weighted by molar-refractivity contribution is -0.115. The zero-order chi connectivity index (χ0) is 18.6. The van der Waals surface area contributed by atoms with Gasteiger partial charge in [0.25, 0.3) is 6.43 Å². The molecule has 0 saturated carbocycles. The monoisotopic (exact) mass is 411 g/mol. The van der Waals surface area contributed by atoms with E-state index in [0.29, 0.717) is 17.7 Å². The van der Waals surface area contributed by atoms with Crippen molar-refractivity contribution in [3.05, 3.63) is 57.1 Å². The number of nitrogens with one attached hydrogen (secondary N) is 1. The number of rotatable bonds is 6. The SMILES string of the molecule is CCC(=O)Nc1cccc(Br)c1COc1cc(C)c(C)cc1C(F)F. The number of hydrogen-bond acceptors (Lipinski definition) is 2. The Hall–Kier alpha value is -1.95. The summed E-state index contributed by atoms with van der Waals surface area (Å²) in [4.78, 5) is 11.7. The van der Waals surface area contributed by atoms with E-state index in [4.69, 9.17) is 4.74 Å². The van der Waals surface area contributed by atoms with Gasteiger partial charge in [-0.3, -0.25) is 4.79 Å². The number of hydrogen-bond donors (Lipinski definition) is 1. The van der Waals surface area contributed by atoms with Gasteiger partial charge in [-0.25, -0.2) is 8.78 Å². The molecule has 2 rings (SSSR count). The Labute approximate surface area is 154 Å². The molecule has 2 aromatic rings. The van der Waals surface area contributed by atoms with Gasteiger partial charge in [0.15, 0.2) is 0 Å². The molecule has 0 fully saturated rings. The van der Waals surface area contributed by atoms with Gasteiger partial charge in [0.2, 0.25) is 5.91 Å². The lowest BCUT2D eigenvalue weighted by atomic mass is 10.1. The van der Waals surface area contributed by atoms with Gasteiger partial charge >= 0.3 is 0 Å². The average Bonchev–Trinajstić information content (AvgIpc) is 2.56. The van der Waals surface area contributed by atoms with Crippen LogP contribution in [0.25, 0.3) is 0 Å². The summed E-state index contributed by atoms with van der Waals surface area (Å²) in [6.45, 7) is 5.45. The zero-order valence-corrected chi connectivity index (χ0v) is 15.9. The molecule has 0 aliphatic rings. The molecule has 2 aromatic carbocycles. The minimum atomic E-state index is -2.62. The highest BCUT2D eigenvalue weighted by molar-refractivity contribution is 9.10. The van der Waals surface area contributed by atoms with Gasteiger partial charge in [-0.2, -0.15) is 0 Å². The number of alkyl halides is 2. The second kappa shape index (κ2) is 8.43. The predicted molar refractivity (Wildman–Crippen MR) is 98.3 cm³/mol. The number of anilines is 1. The molecule has 0 aliphatic heterocycles. The van der Waals surface area contributed by atoms with Crippen LogP contribution >= 0.6 is 15.9 Å². The second-order valence-corrected chi connectivity index (χ2v) is 6.59. The molecule has 1 amide bonds. The summed E-state index contributed by atoms with van der Waals surface area (Å²) in [6, 6.07) is 8.44. The van der Waals surface area contributed by atoms with Crippen LogP contribution in [0.15, 0.2) is 34.8 Å². The van der Waals surface area contributed by atoms with Crippen LogP contribution in [-0.4, -0.2) is 5.91 Å². The first-order valence-corrected chi connectivity index (χ1v) is 8.72. The molecular formula is C19H20BrF2NO2. The maximum Gasteiger partial charge on any atom is 0.267 e. The van der Waals surface area contributed by atoms with Crippen molar-refractivity contribution in [1.29, 1.82) is 0 Å². The predicted octanol–water partition coefficient (Wildman–Crippen LogP) is 5.93. The molecule has 0 unspecified atom stereocenters. The van der Waals surface area contributed by atoms with E-state index in [9.17, 15) is 13.6 Å². The van der Waals surface area contributed by atoms with Crippen LogP contribution in [0.2, 0.25) is 0 Å². The Morgan fingerprint density at radius 1 is 1.24 bits per heavy atom. The molecule has 134 valence electrons. The largest absolute Gasteiger partial charge is 0.488 e. The zero-order valence-electron chi connectivity index (χ0n) is 14.3. The average molecular weight is 412 g/mol. The van der Waals surface area contributed by atoms with E-state index in [1.807, 2.05) is 13.0 Å². The quantitative estimate of drug-likeness (QED) is 0.639. The van der Waals surface area contributed by atoms with Crippen molar-refractivity contribution in [3.63, 3.8) is 0 Å². The van der Waals surface area contributed by atoms with Crippen LogP contribution in [0.5, 0.6) is 5.75 Å². The van der Waals surface area contributed by atoms with Gasteiger partial charge in [0, 0.05) is 22.1 Å². The van der Waals surface area contributed by atoms with Crippen molar-refractivity contribution in [3.8, 4) is 5.75 Å². The molecule has 0 saturated heterocycles. The van der Waals surface area contributed by atoms with Crippen LogP contribution < -0.4 is 10.1 Å². The van der Waals surface area contributed by atoms with Gasteiger partial charge in [-0.15, -0.1) is 0 Å². The number of benzene rings is 2. The third-order valence-corrected chi connectivity index (χ3v) is 4.69. The minimum Gasteiger partial charge on any atom is -0.488 e. The van der Waals surface area contributed by atoms with E-state index in [2.05, 4.69) is 21.2 Å². The highest BCUT2D eigenvalue weighted by atomic mass is 79.9. The molecule has 0 spiro atoms. The fourth-order valence-corrected chi connectivity index (χ4v) is 2.80. The van der Waals surface area contributed by atoms with Crippen LogP contribution in [0.4, 0.5) is 14.5 Å². The molecule has 0 aromatic heterocycles. The molecule has 0 atom stereocenters. The maximum atomic E-state index is 13.3. The standard InChI is InChI=1S/C19H20BrF2NO2/c1-4-18(24)23-16-7-5-6-15(20)14(16)10-25-17-9-12(3)11(2)8-13(17)19(21)22/h5-9,19H,4,10H2,1-3H3,(H,23,24). The minimum absolute atomic E-state index is 0.0585. The fraction of sp³-hybridized carbons (Fsp3) is 0.316. The van der Waals surface area contributed by atoms with Crippen molar-refractivity contribution in [1.82, 2.24) is 0 Å². The van der Waals surface area contributed by atoms with E-state index in [1.54, 1.807) is 32.0 Å². The highest BCUT2D eigenvalue weighted by Gasteiger charge is 2.17. The van der Waals surface area contributed by atoms with Crippen molar-refractivity contribution in [2.45, 2.75) is 40.2 Å². The lowest BCUT2D eigenvalue weighted by Crippen LogP contribution is -2.12. The molecular weight excluding hydrogens is 392 g/mol. The molecule has 1 N–H and O–H groups in total. The van der Waals surface area contributed by atoms with E-state index < -0.39 is 6.43 Å². The smallest absolute Gasteiger partial charge is 0.267 e. The summed E-state index contributed by atoms with van der Waals surface area (Å²) in [5.41, 5.74) is 2.84. The summed E-state index contributed by atoms with van der Waals surface area (Å²) in [5.74, 6) is 0.0282. The van der Waals surface area contributed by atoms with E-state index in [0.717, 1.165) is 15.6 Å². The summed E-state index contributed by atoms with van der Waals surface area (Å²) >= 11 is 3.43. The molecule has 6 heteroatoms. The molecule has 3 nitrogen and oxygen atoms in total. The topological polar surface area (TPSA) is 38.3 Å². The summed E-state index contributed by atoms with van der Waals surface area (Å²) in [5, 5.41) is 2.80. The van der Waals surface area contributed by atoms with Crippen molar-refractivity contribution >= 4 is 27.5 Å². The Kier molecular flexibility index (Phi) is 6.53. The Balaban J connectivity index is 2.30. The number of amides is 1. The second-order valence-electron chi connectivity index (χ2n) is 5.73. The van der Waals surface area contributed by atoms with Crippen LogP contribution in [0.1, 0.15) is 42.0 Å². The van der Waals surface area contributed by atoms with Crippen LogP contribution in [0.3, 0.4) is 0 Å². The summed E-state index contributed by atoms with van der Waals surface area (Å²) in [6.07, 6.45) is -2.27. The number of aryl methyl sites for hydroxylation is 2. The van der Waals surface area contributed by atoms with E-state index >= 15 is 0 Å². The number of halogens is 3. The van der Waals surface area contributed by atoms with Crippen molar-refractivity contribution in [2.24, 2.45) is 0 Å². The van der Waals surface area contributed by atoms with Crippen LogP contribution in [-0.2, 0) is 11.4 Å². The number of ether oxygens (including phenoxy) is 1. The van der Waals surface area contributed by atoms with Gasteiger partial charge in [-0.05, 0) is 49.2 Å². The van der Waals surface area contributed by atoms with Gasteiger partial charge < -0.3 is 10.1 Å². The number of carbonyl (C=O) groups excluding carboxylic acids is 1. The lowest BCUT2D eigenvalue weighted by Gasteiger charge is -2.17. The van der Waals surface area contributed by atoms with E-state index in [-0.39, 0.29) is 23.8 Å². The highest BCUT2D eigenvalue weighted by Crippen LogP contribution is 2.33. The first kappa shape index (κ1) is 19.4. The molecule has 0 bridgehead atoms. The third kappa shape index (κ3) is 4.78. The van der Waals surface area contributed by atoms with Crippen LogP contribution in [0, 0.1) is 13.8 Å². The fourth-order valence-electron chi connectivity index (χ4n) is 2.32. The third-order valence-electron chi connectivity index (χ3n) is 3.95. The Morgan fingerprint density at radius 3 is 2.56 bits per heavy atom. The molecule has 0 heterocycles. The van der Waals surface area contributed by atoms with Crippen molar-refractivity contribution < 1.29 is 18.3 Å². The first-order valence-electron chi connectivity index (χ1n) is 7.92. The number of carbonyl (C=O) groups is 1. The first-order chi connectivity index (χ1) is 11.8. The Morgan fingerprint density at radius 2 is 1.92 bits per heavy atom. The van der Waals surface area contributed by atoms with Gasteiger partial charge in [-0.1, -0.05) is 28.9 Å². The Bertz CT molecular complexity index is 778. The van der Waals surface area contributed by atoms with Crippen molar-refractivity contribution in [2.75, 3.05) is 5.32 Å². The summed E-state index contributed by atoms with van der Waals surface area (Å²) in [7, 11) is 0. The molecule has 25 heavy (non-hydrogen) atoms. The summed E-state index contributed by atoms with van der Waals surface area (Å²) < 4.78 is 33.0. The van der Waals surface area contributed by atoms with Gasteiger partial charge in [0.05, 0.1) is 5.56 Å². The normalized spacial score (nSPS) is 10.8. The molecule has 0 radical (unpaired) electrons. The van der Waals surface area contributed by atoms with Gasteiger partial charge in [0.1, 0.15) is 12.4 Å².